The smallest absolute Gasteiger partial charge is 0.103 e. The Morgan fingerprint density at radius 1 is 1.15 bits per heavy atom. The minimum absolute atomic E-state index is 0.197. The van der Waals surface area contributed by atoms with Crippen molar-refractivity contribution in [3.63, 3.8) is 0 Å². The molecule has 20 heavy (non-hydrogen) atoms. The number of rotatable bonds is 3. The van der Waals surface area contributed by atoms with E-state index < -0.39 is 0 Å². The molecule has 0 bridgehead atoms. The molecule has 1 aromatic heterocycles. The van der Waals surface area contributed by atoms with Gasteiger partial charge in [0, 0.05) is 5.92 Å². The predicted molar refractivity (Wildman–Crippen MR) is 82.5 cm³/mol. The normalized spacial score (nSPS) is 25.9. The number of hydrogen-bond acceptors (Lipinski definition) is 4. The first kappa shape index (κ1) is 13.3. The first-order valence-corrected chi connectivity index (χ1v) is 7.93. The summed E-state index contributed by atoms with van der Waals surface area (Å²) in [5, 5.41) is 15.4. The van der Waals surface area contributed by atoms with Crippen molar-refractivity contribution in [3.05, 3.63) is 58.3 Å². The molecule has 0 N–H and O–H groups in total. The molecule has 0 amide bonds. The summed E-state index contributed by atoms with van der Waals surface area (Å²) in [6, 6.07) is 13.2. The van der Waals surface area contributed by atoms with Gasteiger partial charge < -0.3 is 0 Å². The Hall–Kier alpha value is -1.68. The van der Waals surface area contributed by atoms with E-state index in [-0.39, 0.29) is 6.04 Å². The van der Waals surface area contributed by atoms with Crippen molar-refractivity contribution in [1.29, 1.82) is 0 Å². The van der Waals surface area contributed by atoms with Crippen LogP contribution < -0.4 is 0 Å². The number of benzene rings is 1. The average molecular weight is 285 g/mol. The molecular weight excluding hydrogens is 266 g/mol. The number of nitrogens with zero attached hydrogens (tertiary/aromatic N) is 3. The summed E-state index contributed by atoms with van der Waals surface area (Å²) in [5.41, 5.74) is 2.57. The molecule has 2 heterocycles. The maximum Gasteiger partial charge on any atom is 0.103 e. The highest BCUT2D eigenvalue weighted by Crippen LogP contribution is 2.36. The van der Waals surface area contributed by atoms with Crippen molar-refractivity contribution in [2.45, 2.75) is 32.5 Å². The third-order valence-electron chi connectivity index (χ3n) is 4.09. The van der Waals surface area contributed by atoms with Crippen molar-refractivity contribution in [1.82, 2.24) is 5.01 Å². The van der Waals surface area contributed by atoms with E-state index in [1.807, 2.05) is 6.07 Å². The Bertz CT molecular complexity index is 565. The van der Waals surface area contributed by atoms with Crippen molar-refractivity contribution >= 4 is 11.3 Å². The largest absolute Gasteiger partial charge is 0.271 e. The fourth-order valence-corrected chi connectivity index (χ4v) is 3.29. The van der Waals surface area contributed by atoms with Crippen LogP contribution in [-0.2, 0) is 6.54 Å². The van der Waals surface area contributed by atoms with Gasteiger partial charge in [0.25, 0.3) is 0 Å². The van der Waals surface area contributed by atoms with Crippen LogP contribution in [0.3, 0.4) is 0 Å². The molecule has 2 unspecified atom stereocenters. The van der Waals surface area contributed by atoms with E-state index in [4.69, 9.17) is 0 Å². The summed E-state index contributed by atoms with van der Waals surface area (Å²) in [7, 11) is 0. The molecule has 1 aliphatic heterocycles. The van der Waals surface area contributed by atoms with E-state index in [9.17, 15) is 0 Å². The second-order valence-electron chi connectivity index (χ2n) is 5.39. The maximum atomic E-state index is 4.54. The number of hydrogen-bond donors (Lipinski definition) is 0. The molecule has 0 spiro atoms. The molecule has 3 atom stereocenters. The van der Waals surface area contributed by atoms with Crippen LogP contribution in [0.4, 0.5) is 0 Å². The lowest BCUT2D eigenvalue weighted by molar-refractivity contribution is 0.0951. The molecule has 1 aliphatic rings. The van der Waals surface area contributed by atoms with Crippen LogP contribution in [0.2, 0.25) is 0 Å². The van der Waals surface area contributed by atoms with E-state index in [0.717, 1.165) is 6.54 Å². The molecule has 0 aliphatic carbocycles. The van der Waals surface area contributed by atoms with Crippen molar-refractivity contribution in [3.8, 4) is 0 Å². The molecule has 3 nitrogen and oxygen atoms in total. The van der Waals surface area contributed by atoms with Gasteiger partial charge in [0.15, 0.2) is 0 Å². The second-order valence-corrected chi connectivity index (χ2v) is 6.17. The summed E-state index contributed by atoms with van der Waals surface area (Å²) >= 11 is 1.72. The molecule has 0 radical (unpaired) electrons. The van der Waals surface area contributed by atoms with Gasteiger partial charge in [-0.25, -0.2) is 0 Å². The Labute approximate surface area is 123 Å². The summed E-state index contributed by atoms with van der Waals surface area (Å²) in [6.45, 7) is 5.33. The highest BCUT2D eigenvalue weighted by atomic mass is 32.1. The van der Waals surface area contributed by atoms with E-state index in [2.05, 4.69) is 70.3 Å². The molecule has 4 heteroatoms. The zero-order chi connectivity index (χ0) is 13.9. The first-order chi connectivity index (χ1) is 9.75. The number of thiophene rings is 1. The van der Waals surface area contributed by atoms with Gasteiger partial charge in [0.1, 0.15) is 6.04 Å². The van der Waals surface area contributed by atoms with Gasteiger partial charge in [-0.1, -0.05) is 42.5 Å². The van der Waals surface area contributed by atoms with Crippen LogP contribution in [-0.4, -0.2) is 11.1 Å². The molecule has 0 saturated heterocycles. The van der Waals surface area contributed by atoms with Gasteiger partial charge in [0.2, 0.25) is 0 Å². The van der Waals surface area contributed by atoms with Gasteiger partial charge in [-0.3, -0.25) is 5.01 Å². The van der Waals surface area contributed by atoms with Gasteiger partial charge in [-0.05, 0) is 34.9 Å². The molecule has 104 valence electrons. The lowest BCUT2D eigenvalue weighted by atomic mass is 9.90. The van der Waals surface area contributed by atoms with Gasteiger partial charge in [-0.2, -0.15) is 16.5 Å². The zero-order valence-corrected chi connectivity index (χ0v) is 12.6. The topological polar surface area (TPSA) is 28.0 Å². The summed E-state index contributed by atoms with van der Waals surface area (Å²) in [5.74, 6) is 0.464. The van der Waals surface area contributed by atoms with Gasteiger partial charge >= 0.3 is 0 Å². The first-order valence-electron chi connectivity index (χ1n) is 6.99. The van der Waals surface area contributed by atoms with Crippen LogP contribution in [0.25, 0.3) is 0 Å². The summed E-state index contributed by atoms with van der Waals surface area (Å²) in [6.07, 6.45) is 0. The monoisotopic (exact) mass is 285 g/mol. The quantitative estimate of drug-likeness (QED) is 0.803. The SMILES string of the molecule is CC1C(c2ccsc2)N=NN(Cc2ccccc2)[C@H]1C. The third kappa shape index (κ3) is 2.61. The highest BCUT2D eigenvalue weighted by Gasteiger charge is 2.32. The van der Waals surface area contributed by atoms with E-state index in [1.165, 1.54) is 11.1 Å². The minimum atomic E-state index is 0.197. The Kier molecular flexibility index (Phi) is 3.83. The van der Waals surface area contributed by atoms with E-state index in [1.54, 1.807) is 11.3 Å². The van der Waals surface area contributed by atoms with Gasteiger partial charge in [0.05, 0.1) is 12.6 Å². The Morgan fingerprint density at radius 3 is 2.65 bits per heavy atom. The molecule has 3 rings (SSSR count). The average Bonchev–Trinajstić information content (AvgIpc) is 2.99. The predicted octanol–water partition coefficient (Wildman–Crippen LogP) is 4.70. The highest BCUT2D eigenvalue weighted by molar-refractivity contribution is 7.07. The molecule has 2 aromatic rings. The molecular formula is C16H19N3S. The van der Waals surface area contributed by atoms with Crippen LogP contribution in [0.15, 0.2) is 57.5 Å². The zero-order valence-electron chi connectivity index (χ0n) is 11.8. The van der Waals surface area contributed by atoms with E-state index in [0.29, 0.717) is 12.0 Å². The fraction of sp³-hybridized carbons (Fsp3) is 0.375. The van der Waals surface area contributed by atoms with Crippen molar-refractivity contribution < 1.29 is 0 Å². The minimum Gasteiger partial charge on any atom is -0.271 e. The standard InChI is InChI=1S/C16H19N3S/c1-12-13(2)19(10-14-6-4-3-5-7-14)18-17-16(12)15-8-9-20-11-15/h3-9,11-13,16H,10H2,1-2H3/t12?,13-,16?/m0/s1. The molecule has 1 aromatic carbocycles. The fourth-order valence-electron chi connectivity index (χ4n) is 2.60. The summed E-state index contributed by atoms with van der Waals surface area (Å²) < 4.78 is 0. The second kappa shape index (κ2) is 5.75. The van der Waals surface area contributed by atoms with Crippen LogP contribution in [0.1, 0.15) is 31.0 Å². The maximum absolute atomic E-state index is 4.54. The van der Waals surface area contributed by atoms with Crippen LogP contribution in [0.5, 0.6) is 0 Å². The van der Waals surface area contributed by atoms with Crippen LogP contribution in [0, 0.1) is 5.92 Å². The lowest BCUT2D eigenvalue weighted by Gasteiger charge is -2.36. The third-order valence-corrected chi connectivity index (χ3v) is 4.79. The Balaban J connectivity index is 1.77. The van der Waals surface area contributed by atoms with E-state index >= 15 is 0 Å². The van der Waals surface area contributed by atoms with Crippen molar-refractivity contribution in [2.75, 3.05) is 0 Å². The Morgan fingerprint density at radius 2 is 1.95 bits per heavy atom. The lowest BCUT2D eigenvalue weighted by Crippen LogP contribution is -2.38. The van der Waals surface area contributed by atoms with Gasteiger partial charge in [-0.15, -0.1) is 0 Å². The molecule has 0 saturated carbocycles. The summed E-state index contributed by atoms with van der Waals surface area (Å²) in [4.78, 5) is 0. The van der Waals surface area contributed by atoms with Crippen molar-refractivity contribution in [2.24, 2.45) is 16.3 Å². The molecule has 0 fully saturated rings. The van der Waals surface area contributed by atoms with Crippen LogP contribution >= 0.6 is 11.3 Å².